The van der Waals surface area contributed by atoms with Crippen molar-refractivity contribution in [1.82, 2.24) is 9.55 Å². The van der Waals surface area contributed by atoms with E-state index in [0.29, 0.717) is 5.62 Å². The average molecular weight is 200 g/mol. The van der Waals surface area contributed by atoms with Gasteiger partial charge in [-0.3, -0.25) is 0 Å². The van der Waals surface area contributed by atoms with Crippen molar-refractivity contribution in [1.29, 1.82) is 0 Å². The van der Waals surface area contributed by atoms with Crippen LogP contribution in [0.25, 0.3) is 11.3 Å². The minimum atomic E-state index is 0.511. The van der Waals surface area contributed by atoms with Crippen molar-refractivity contribution < 1.29 is 0 Å². The highest BCUT2D eigenvalue weighted by Gasteiger charge is 1.98. The van der Waals surface area contributed by atoms with Gasteiger partial charge in [-0.1, -0.05) is 30.3 Å². The summed E-state index contributed by atoms with van der Waals surface area (Å²) < 4.78 is 1.77. The molecule has 0 aliphatic rings. The molecule has 2 N–H and O–H groups in total. The summed E-state index contributed by atoms with van der Waals surface area (Å²) in [5.74, 6) is 5.24. The summed E-state index contributed by atoms with van der Waals surface area (Å²) in [6, 6.07) is 11.9. The molecule has 0 bridgehead atoms. The van der Waals surface area contributed by atoms with Crippen molar-refractivity contribution >= 4 is 0 Å². The smallest absolute Gasteiger partial charge is 0.246 e. The predicted molar refractivity (Wildman–Crippen MR) is 58.4 cm³/mol. The number of nitrogens with two attached hydrogens (primary N) is 1. The number of aryl methyl sites for hydroxylation is 1. The van der Waals surface area contributed by atoms with Crippen LogP contribution in [0.4, 0.5) is 0 Å². The second kappa shape index (κ2) is 3.96. The van der Waals surface area contributed by atoms with E-state index in [2.05, 4.69) is 10.1 Å². The number of aromatic nitrogens is 2. The van der Waals surface area contributed by atoms with Gasteiger partial charge in [-0.25, -0.2) is 4.98 Å². The highest BCUT2D eigenvalue weighted by Crippen LogP contribution is 2.13. The molecule has 4 heteroatoms. The van der Waals surface area contributed by atoms with Gasteiger partial charge < -0.3 is 10.4 Å². The maximum absolute atomic E-state index is 5.24. The first-order chi connectivity index (χ1) is 7.31. The van der Waals surface area contributed by atoms with Gasteiger partial charge in [-0.15, -0.1) is 5.10 Å². The number of hydrogen-bond acceptors (Lipinski definition) is 3. The number of nitrogens with zero attached hydrogens (tertiary/aromatic N) is 3. The molecule has 0 amide bonds. The average Bonchev–Trinajstić information content (AvgIpc) is 2.31. The lowest BCUT2D eigenvalue weighted by molar-refractivity contribution is 0.765. The van der Waals surface area contributed by atoms with E-state index in [0.717, 1.165) is 11.3 Å². The van der Waals surface area contributed by atoms with Gasteiger partial charge in [0.15, 0.2) is 0 Å². The van der Waals surface area contributed by atoms with Gasteiger partial charge in [0.25, 0.3) is 0 Å². The molecule has 15 heavy (non-hydrogen) atoms. The first-order valence-electron chi connectivity index (χ1n) is 4.64. The van der Waals surface area contributed by atoms with E-state index in [-0.39, 0.29) is 0 Å². The fraction of sp³-hybridized carbons (Fsp3) is 0.0909. The van der Waals surface area contributed by atoms with Gasteiger partial charge in [0.1, 0.15) is 0 Å². The van der Waals surface area contributed by atoms with Gasteiger partial charge in [-0.2, -0.15) is 0 Å². The number of rotatable bonds is 1. The monoisotopic (exact) mass is 200 g/mol. The molecule has 1 aromatic heterocycles. The molecule has 4 nitrogen and oxygen atoms in total. The Labute approximate surface area is 87.7 Å². The van der Waals surface area contributed by atoms with Gasteiger partial charge in [0, 0.05) is 18.8 Å². The highest BCUT2D eigenvalue weighted by molar-refractivity contribution is 5.57. The Morgan fingerprint density at radius 1 is 1.20 bits per heavy atom. The Morgan fingerprint density at radius 3 is 2.60 bits per heavy atom. The van der Waals surface area contributed by atoms with Gasteiger partial charge >= 0.3 is 0 Å². The van der Waals surface area contributed by atoms with Crippen LogP contribution in [0.1, 0.15) is 0 Å². The van der Waals surface area contributed by atoms with Crippen LogP contribution in [0.2, 0.25) is 0 Å². The zero-order valence-corrected chi connectivity index (χ0v) is 8.46. The highest BCUT2D eigenvalue weighted by atomic mass is 15.2. The lowest BCUT2D eigenvalue weighted by Gasteiger charge is -2.02. The minimum absolute atomic E-state index is 0.511. The lowest BCUT2D eigenvalue weighted by atomic mass is 10.1. The molecule has 0 atom stereocenters. The number of benzene rings is 1. The fourth-order valence-electron chi connectivity index (χ4n) is 1.36. The van der Waals surface area contributed by atoms with E-state index >= 15 is 0 Å². The third-order valence-corrected chi connectivity index (χ3v) is 2.18. The Hall–Kier alpha value is -2.10. The van der Waals surface area contributed by atoms with E-state index in [1.807, 2.05) is 49.6 Å². The van der Waals surface area contributed by atoms with Crippen molar-refractivity contribution in [2.24, 2.45) is 18.0 Å². The van der Waals surface area contributed by atoms with Crippen molar-refractivity contribution in [3.8, 4) is 11.3 Å². The first kappa shape index (κ1) is 9.45. The topological polar surface area (TPSA) is 56.2 Å². The molecule has 0 aliphatic carbocycles. The van der Waals surface area contributed by atoms with Crippen LogP contribution >= 0.6 is 0 Å². The summed E-state index contributed by atoms with van der Waals surface area (Å²) in [6.45, 7) is 0. The van der Waals surface area contributed by atoms with Crippen LogP contribution < -0.4 is 11.5 Å². The maximum Gasteiger partial charge on any atom is 0.246 e. The van der Waals surface area contributed by atoms with Gasteiger partial charge in [0.2, 0.25) is 5.62 Å². The Bertz CT molecular complexity index is 514. The zero-order valence-electron chi connectivity index (χ0n) is 8.46. The molecule has 0 saturated heterocycles. The van der Waals surface area contributed by atoms with Crippen LogP contribution in [0.3, 0.4) is 0 Å². The normalized spacial score (nSPS) is 11.7. The maximum atomic E-state index is 5.24. The van der Waals surface area contributed by atoms with Crippen LogP contribution in [-0.2, 0) is 7.05 Å². The third kappa shape index (κ3) is 1.88. The summed E-state index contributed by atoms with van der Waals surface area (Å²) in [4.78, 5) is 4.33. The van der Waals surface area contributed by atoms with Gasteiger partial charge in [-0.05, 0) is 6.07 Å². The van der Waals surface area contributed by atoms with Crippen molar-refractivity contribution in [3.05, 3.63) is 48.2 Å². The molecule has 0 aliphatic heterocycles. The molecule has 76 valence electrons. The van der Waals surface area contributed by atoms with E-state index in [1.54, 1.807) is 4.57 Å². The quantitative estimate of drug-likeness (QED) is 0.548. The Kier molecular flexibility index (Phi) is 2.49. The molecule has 2 aromatic rings. The van der Waals surface area contributed by atoms with E-state index in [1.165, 1.54) is 0 Å². The van der Waals surface area contributed by atoms with E-state index < -0.39 is 0 Å². The molecule has 0 radical (unpaired) electrons. The minimum Gasteiger partial charge on any atom is -0.320 e. The van der Waals surface area contributed by atoms with Gasteiger partial charge in [0.05, 0.1) is 5.69 Å². The second-order valence-corrected chi connectivity index (χ2v) is 3.22. The largest absolute Gasteiger partial charge is 0.320 e. The van der Waals surface area contributed by atoms with Crippen molar-refractivity contribution in [2.75, 3.05) is 0 Å². The Morgan fingerprint density at radius 2 is 1.93 bits per heavy atom. The molecule has 0 spiro atoms. The van der Waals surface area contributed by atoms with Crippen LogP contribution in [0.5, 0.6) is 0 Å². The SMILES string of the molecule is Cn1ccc(-c2ccccc2)nc1=NN. The summed E-state index contributed by atoms with van der Waals surface area (Å²) in [5, 5.41) is 3.61. The summed E-state index contributed by atoms with van der Waals surface area (Å²) >= 11 is 0. The summed E-state index contributed by atoms with van der Waals surface area (Å²) in [6.07, 6.45) is 1.89. The van der Waals surface area contributed by atoms with E-state index in [4.69, 9.17) is 5.84 Å². The first-order valence-corrected chi connectivity index (χ1v) is 4.64. The van der Waals surface area contributed by atoms with Crippen LogP contribution in [-0.4, -0.2) is 9.55 Å². The zero-order chi connectivity index (χ0) is 10.7. The van der Waals surface area contributed by atoms with Crippen molar-refractivity contribution in [2.45, 2.75) is 0 Å². The van der Waals surface area contributed by atoms with Crippen molar-refractivity contribution in [3.63, 3.8) is 0 Å². The summed E-state index contributed by atoms with van der Waals surface area (Å²) in [5.41, 5.74) is 2.44. The van der Waals surface area contributed by atoms with E-state index in [9.17, 15) is 0 Å². The van der Waals surface area contributed by atoms with Crippen LogP contribution in [0, 0.1) is 0 Å². The third-order valence-electron chi connectivity index (χ3n) is 2.18. The molecule has 2 rings (SSSR count). The molecule has 1 aromatic carbocycles. The number of hydrogen-bond donors (Lipinski definition) is 1. The molecule has 0 unspecified atom stereocenters. The Balaban J connectivity index is 2.57. The van der Waals surface area contributed by atoms with Crippen LogP contribution in [0.15, 0.2) is 47.7 Å². The standard InChI is InChI=1S/C11H12N4/c1-15-8-7-10(13-11(15)14-12)9-5-3-2-4-6-9/h2-8H,12H2,1H3. The molecular formula is C11H12N4. The summed E-state index contributed by atoms with van der Waals surface area (Å²) in [7, 11) is 1.85. The molecule has 0 fully saturated rings. The molecule has 1 heterocycles. The molecular weight excluding hydrogens is 188 g/mol. The molecule has 0 saturated carbocycles. The predicted octanol–water partition coefficient (Wildman–Crippen LogP) is 0.861. The second-order valence-electron chi connectivity index (χ2n) is 3.22. The lowest BCUT2D eigenvalue weighted by Crippen LogP contribution is -2.23. The fourth-order valence-corrected chi connectivity index (χ4v) is 1.36.